The van der Waals surface area contributed by atoms with Crippen molar-refractivity contribution >= 4 is 34.6 Å². The third kappa shape index (κ3) is 10.6. The second-order valence-electron chi connectivity index (χ2n) is 18.3. The molecule has 0 atom stereocenters. The topological polar surface area (TPSA) is 158 Å². The number of imide groups is 1. The Labute approximate surface area is 393 Å². The maximum atomic E-state index is 15.2. The number of ether oxygens (including phenoxy) is 1. The molecule has 0 saturated carbocycles. The number of likely N-dealkylation sites (tertiary alicyclic amines) is 2. The molecule has 0 bridgehead atoms. The number of pyridine rings is 1. The first-order valence-corrected chi connectivity index (χ1v) is 23.4. The summed E-state index contributed by atoms with van der Waals surface area (Å²) in [6.45, 7) is 11.9. The van der Waals surface area contributed by atoms with Crippen LogP contribution in [0.1, 0.15) is 78.6 Å². The van der Waals surface area contributed by atoms with E-state index in [4.69, 9.17) is 4.74 Å². The number of aromatic nitrogens is 4. The van der Waals surface area contributed by atoms with Crippen molar-refractivity contribution in [2.75, 3.05) is 44.6 Å². The van der Waals surface area contributed by atoms with Crippen LogP contribution in [0.25, 0.3) is 33.5 Å². The first-order chi connectivity index (χ1) is 32.8. The number of nitrogens with one attached hydrogen (secondary N) is 3. The van der Waals surface area contributed by atoms with Crippen molar-refractivity contribution in [2.45, 2.75) is 84.7 Å². The minimum absolute atomic E-state index is 0.111. The lowest BCUT2D eigenvalue weighted by atomic mass is 9.99. The average Bonchev–Trinajstić information content (AvgIpc) is 3.77. The number of hydrogen-bond acceptors (Lipinski definition) is 9. The zero-order valence-corrected chi connectivity index (χ0v) is 38.6. The van der Waals surface area contributed by atoms with E-state index in [9.17, 15) is 23.6 Å². The van der Waals surface area contributed by atoms with Gasteiger partial charge < -0.3 is 29.4 Å². The molecule has 6 heterocycles. The van der Waals surface area contributed by atoms with Gasteiger partial charge in [-0.1, -0.05) is 50.2 Å². The van der Waals surface area contributed by atoms with Crippen LogP contribution in [0.2, 0.25) is 0 Å². The van der Waals surface area contributed by atoms with E-state index in [1.807, 2.05) is 26.0 Å². The van der Waals surface area contributed by atoms with Gasteiger partial charge in [0.2, 0.25) is 5.91 Å². The highest BCUT2D eigenvalue weighted by Gasteiger charge is 2.27. The fraction of sp³-hybridized carbons (Fsp3) is 0.365. The molecule has 1 radical (unpaired) electrons. The lowest BCUT2D eigenvalue weighted by Gasteiger charge is -2.37. The van der Waals surface area contributed by atoms with Gasteiger partial charge in [0.05, 0.1) is 30.0 Å². The minimum atomic E-state index is -0.676. The molecule has 3 fully saturated rings. The number of carbonyl (C=O) groups excluding carboxylic acids is 3. The van der Waals surface area contributed by atoms with Gasteiger partial charge in [0.25, 0.3) is 11.5 Å². The smallest absolute Gasteiger partial charge is 0.324 e. The Hall–Kier alpha value is -6.62. The first-order valence-electron chi connectivity index (χ1n) is 23.4. The summed E-state index contributed by atoms with van der Waals surface area (Å²) in [4.78, 5) is 68.8. The number of amides is 4. The molecule has 0 spiro atoms. The van der Waals surface area contributed by atoms with Crippen molar-refractivity contribution in [1.82, 2.24) is 39.5 Å². The van der Waals surface area contributed by atoms with E-state index in [0.29, 0.717) is 52.1 Å². The van der Waals surface area contributed by atoms with Crippen LogP contribution in [0.5, 0.6) is 0 Å². The summed E-state index contributed by atoms with van der Waals surface area (Å²) in [5, 5.41) is 5.72. The fourth-order valence-electron chi connectivity index (χ4n) is 9.44. The molecule has 68 heavy (non-hydrogen) atoms. The minimum Gasteiger partial charge on any atom is -0.375 e. The van der Waals surface area contributed by atoms with Gasteiger partial charge in [-0.2, -0.15) is 0 Å². The molecule has 3 aliphatic heterocycles. The Morgan fingerprint density at radius 3 is 2.28 bits per heavy atom. The second-order valence-corrected chi connectivity index (χ2v) is 18.3. The number of aromatic amines is 1. The third-order valence-electron chi connectivity index (χ3n) is 13.5. The molecule has 3 aromatic carbocycles. The normalized spacial score (nSPS) is 16.8. The lowest BCUT2D eigenvalue weighted by molar-refractivity contribution is -0.121. The number of hydrogen-bond donors (Lipinski definition) is 3. The number of piperidine rings is 2. The number of benzene rings is 3. The molecule has 6 aromatic rings. The van der Waals surface area contributed by atoms with Crippen molar-refractivity contribution in [1.29, 1.82) is 0 Å². The molecular weight excluding hydrogens is 869 g/mol. The van der Waals surface area contributed by atoms with Crippen LogP contribution in [0, 0.1) is 24.5 Å². The monoisotopic (exact) mass is 924 g/mol. The maximum Gasteiger partial charge on any atom is 0.324 e. The molecule has 0 aliphatic carbocycles. The lowest BCUT2D eigenvalue weighted by Crippen LogP contribution is -2.49. The van der Waals surface area contributed by atoms with Gasteiger partial charge in [0, 0.05) is 92.9 Å². The number of fused-ring (bicyclic) bond motifs is 1. The van der Waals surface area contributed by atoms with E-state index >= 15 is 4.39 Å². The van der Waals surface area contributed by atoms with Crippen molar-refractivity contribution in [3.05, 3.63) is 141 Å². The molecular formula is C52H56F2N9O5. The highest BCUT2D eigenvalue weighted by atomic mass is 19.1. The van der Waals surface area contributed by atoms with Crippen LogP contribution < -0.4 is 16.2 Å². The number of halogens is 2. The number of carbonyl (C=O) groups is 3. The second kappa shape index (κ2) is 20.3. The quantitative estimate of drug-likeness (QED) is 0.0991. The summed E-state index contributed by atoms with van der Waals surface area (Å²) in [6.07, 6.45) is 7.78. The molecule has 3 saturated heterocycles. The zero-order valence-electron chi connectivity index (χ0n) is 38.6. The number of rotatable bonds is 14. The predicted molar refractivity (Wildman–Crippen MR) is 256 cm³/mol. The van der Waals surface area contributed by atoms with Gasteiger partial charge in [-0.05, 0) is 97.2 Å². The van der Waals surface area contributed by atoms with Gasteiger partial charge in [-0.15, -0.1) is 0 Å². The van der Waals surface area contributed by atoms with Crippen LogP contribution in [0.3, 0.4) is 0 Å². The Morgan fingerprint density at radius 2 is 1.57 bits per heavy atom. The molecule has 9 rings (SSSR count). The van der Waals surface area contributed by atoms with Crippen LogP contribution in [-0.4, -0.2) is 104 Å². The van der Waals surface area contributed by atoms with Gasteiger partial charge in [-0.3, -0.25) is 24.6 Å². The summed E-state index contributed by atoms with van der Waals surface area (Å²) in [5.41, 5.74) is 6.36. The molecule has 3 N–H and O–H groups in total. The summed E-state index contributed by atoms with van der Waals surface area (Å²) >= 11 is 0. The highest BCUT2D eigenvalue weighted by molar-refractivity contribution is 6.06. The van der Waals surface area contributed by atoms with Crippen LogP contribution in [0.15, 0.2) is 90.1 Å². The number of urea groups is 1. The molecule has 0 unspecified atom stereocenters. The molecule has 3 aliphatic rings. The third-order valence-corrected chi connectivity index (χ3v) is 13.5. The summed E-state index contributed by atoms with van der Waals surface area (Å²) in [6, 6.07) is 20.6. The first kappa shape index (κ1) is 46.5. The van der Waals surface area contributed by atoms with Gasteiger partial charge in [0.15, 0.2) is 0 Å². The molecule has 16 heteroatoms. The van der Waals surface area contributed by atoms with Crippen molar-refractivity contribution in [2.24, 2.45) is 0 Å². The highest BCUT2D eigenvalue weighted by Crippen LogP contribution is 2.35. The van der Waals surface area contributed by atoms with Gasteiger partial charge in [0.1, 0.15) is 23.6 Å². The van der Waals surface area contributed by atoms with E-state index in [-0.39, 0.29) is 47.9 Å². The van der Waals surface area contributed by atoms with Gasteiger partial charge in [-0.25, -0.2) is 23.5 Å². The molecule has 353 valence electrons. The average molecular weight is 925 g/mol. The zero-order chi connectivity index (χ0) is 47.5. The summed E-state index contributed by atoms with van der Waals surface area (Å²) in [5.74, 6) is -1.27. The van der Waals surface area contributed by atoms with Crippen molar-refractivity contribution < 1.29 is 27.9 Å². The largest absolute Gasteiger partial charge is 0.375 e. The number of H-pyrrole nitrogens is 1. The van der Waals surface area contributed by atoms with Crippen LogP contribution in [-0.2, 0) is 29.2 Å². The Balaban J connectivity index is 0.747. The number of anilines is 1. The maximum absolute atomic E-state index is 15.2. The summed E-state index contributed by atoms with van der Waals surface area (Å²) < 4.78 is 38.5. The fourth-order valence-corrected chi connectivity index (χ4v) is 9.44. The molecule has 4 amide bonds. The van der Waals surface area contributed by atoms with E-state index in [2.05, 4.69) is 59.7 Å². The summed E-state index contributed by atoms with van der Waals surface area (Å²) in [7, 11) is 0. The number of nitrogens with zero attached hydrogens (tertiary/aromatic N) is 6. The van der Waals surface area contributed by atoms with E-state index in [1.54, 1.807) is 29.8 Å². The van der Waals surface area contributed by atoms with E-state index < -0.39 is 23.6 Å². The van der Waals surface area contributed by atoms with Crippen molar-refractivity contribution in [3.8, 4) is 22.5 Å². The Morgan fingerprint density at radius 1 is 0.838 bits per heavy atom. The Kier molecular flexibility index (Phi) is 13.9. The Bertz CT molecular complexity index is 2880. The van der Waals surface area contributed by atoms with Crippen LogP contribution >= 0.6 is 0 Å². The molecule has 14 nitrogen and oxygen atoms in total. The molecule has 3 aromatic heterocycles. The SMILES string of the molecule is C[C](C)c1ccc(C(=O)Nc2cc(F)cc(-c3ncnc4[nH]c(-c5ccc(CN6CCC(OC7CCN(CCn8cccc(CN9CCC(=O)NC9=O)c8=O)CC7)CC6)cc5)cc34)c2C)c(F)c1. The predicted octanol–water partition coefficient (Wildman–Crippen LogP) is 7.84. The van der Waals surface area contributed by atoms with Gasteiger partial charge >= 0.3 is 6.03 Å². The van der Waals surface area contributed by atoms with E-state index in [0.717, 1.165) is 82.1 Å². The standard InChI is InChI=1S/C52H56F2N9O5/c1-32(2)36-10-11-41(44(54)25-36)50(65)58-45-27-38(53)26-42(33(45)3)48-43-28-46(57-49(43)56-31-55-48)35-8-6-34(7-9-35)29-61-20-14-40(15-21-61)68-39-12-18-60(19-13-39)23-24-62-17-4-5-37(51(62)66)30-63-22-16-47(64)59-52(63)67/h4-11,17,25-28,31,39-40H,12-16,18-24,29-30H2,1-3H3,(H,58,65)(H,55,56,57)(H,59,64,67). The van der Waals surface area contributed by atoms with Crippen molar-refractivity contribution in [3.63, 3.8) is 0 Å². The van der Waals surface area contributed by atoms with E-state index in [1.165, 1.54) is 41.1 Å². The van der Waals surface area contributed by atoms with Crippen LogP contribution in [0.4, 0.5) is 19.3 Å².